The fourth-order valence-electron chi connectivity index (χ4n) is 2.48. The van der Waals surface area contributed by atoms with Crippen LogP contribution in [0.3, 0.4) is 0 Å². The number of hydrogen-bond acceptors (Lipinski definition) is 5. The van der Waals surface area contributed by atoms with Gasteiger partial charge in [-0.25, -0.2) is 4.98 Å². The highest BCUT2D eigenvalue weighted by Gasteiger charge is 2.45. The van der Waals surface area contributed by atoms with Crippen LogP contribution < -0.4 is 11.1 Å². The Kier molecular flexibility index (Phi) is 3.73. The van der Waals surface area contributed by atoms with Gasteiger partial charge >= 0.3 is 0 Å². The van der Waals surface area contributed by atoms with Gasteiger partial charge < -0.3 is 20.7 Å². The molecule has 1 aromatic heterocycles. The van der Waals surface area contributed by atoms with Gasteiger partial charge in [0.05, 0.1) is 12.7 Å². The number of carbonyl (C=O) groups is 1. The van der Waals surface area contributed by atoms with Crippen molar-refractivity contribution in [3.05, 3.63) is 17.8 Å². The van der Waals surface area contributed by atoms with E-state index in [1.807, 2.05) is 0 Å². The summed E-state index contributed by atoms with van der Waals surface area (Å²) >= 11 is 0. The average Bonchev–Trinajstić information content (AvgIpc) is 3.04. The first-order chi connectivity index (χ1) is 9.08. The molecular weight excluding hydrogens is 248 g/mol. The van der Waals surface area contributed by atoms with Crippen molar-refractivity contribution < 1.29 is 14.4 Å². The van der Waals surface area contributed by atoms with Crippen molar-refractivity contribution in [3.63, 3.8) is 0 Å². The van der Waals surface area contributed by atoms with Gasteiger partial charge in [0.1, 0.15) is 11.2 Å². The van der Waals surface area contributed by atoms with Crippen molar-refractivity contribution >= 4 is 11.7 Å². The number of nitrogens with two attached hydrogens (primary N) is 1. The fraction of sp³-hybridized carbons (Fsp3) is 0.583. The van der Waals surface area contributed by atoms with E-state index in [0.717, 1.165) is 12.8 Å². The van der Waals surface area contributed by atoms with Crippen LogP contribution in [0, 0.1) is 12.3 Å². The van der Waals surface area contributed by atoms with Crippen molar-refractivity contribution in [2.45, 2.75) is 39.2 Å². The van der Waals surface area contributed by atoms with Crippen LogP contribution in [0.1, 0.15) is 37.3 Å². The monoisotopic (exact) mass is 266 g/mol. The zero-order chi connectivity index (χ0) is 13.9. The number of hydrogen-bond donors (Lipinski definition) is 3. The summed E-state index contributed by atoms with van der Waals surface area (Å²) in [5.41, 5.74) is 4.79. The molecule has 104 valence electrons. The maximum absolute atomic E-state index is 12.3. The third kappa shape index (κ3) is 2.54. The largest absolute Gasteiger partial charge is 0.444 e. The first-order valence-electron chi connectivity index (χ1n) is 6.26. The van der Waals surface area contributed by atoms with E-state index >= 15 is 0 Å². The Morgan fingerprint density at radius 3 is 2.84 bits per heavy atom. The molecule has 19 heavy (non-hydrogen) atoms. The van der Waals surface area contributed by atoms with Crippen LogP contribution >= 0.6 is 0 Å². The molecule has 0 saturated heterocycles. The molecule has 4 N–H and O–H groups in total. The van der Waals surface area contributed by atoms with E-state index in [0.29, 0.717) is 24.5 Å². The van der Waals surface area contributed by atoms with Crippen molar-refractivity contribution in [1.82, 2.24) is 10.3 Å². The molecule has 1 heterocycles. The zero-order valence-corrected chi connectivity index (χ0v) is 10.8. The number of nitrogens with zero attached hydrogens (tertiary/aromatic N) is 2. The number of nitrogens with one attached hydrogen (secondary N) is 1. The summed E-state index contributed by atoms with van der Waals surface area (Å²) in [6.07, 6.45) is 4.57. The van der Waals surface area contributed by atoms with Crippen molar-refractivity contribution in [2.24, 2.45) is 16.3 Å². The Labute approximate surface area is 110 Å². The Hall–Kier alpha value is -2.05. The lowest BCUT2D eigenvalue weighted by Gasteiger charge is -2.25. The summed E-state index contributed by atoms with van der Waals surface area (Å²) in [5.74, 6) is 0.872. The van der Waals surface area contributed by atoms with Crippen LogP contribution in [-0.4, -0.2) is 21.9 Å². The van der Waals surface area contributed by atoms with Crippen LogP contribution in [0.4, 0.5) is 0 Å². The quantitative estimate of drug-likeness (QED) is 0.324. The Morgan fingerprint density at radius 2 is 2.32 bits per heavy atom. The minimum absolute atomic E-state index is 0.0221. The minimum Gasteiger partial charge on any atom is -0.444 e. The number of carbonyl (C=O) groups excluding carboxylic acids is 1. The van der Waals surface area contributed by atoms with E-state index in [1.165, 1.54) is 0 Å². The van der Waals surface area contributed by atoms with Crippen LogP contribution in [0.25, 0.3) is 0 Å². The number of oxazole rings is 1. The standard InChI is InChI=1S/C12H18N4O3/c1-8-6-14-9(19-8)7-15-11(17)12(10(13)16-18)4-2-3-5-12/h6,18H,2-5,7H2,1H3,(H2,13,16)(H,15,17). The lowest BCUT2D eigenvalue weighted by molar-refractivity contribution is -0.127. The topological polar surface area (TPSA) is 114 Å². The van der Waals surface area contributed by atoms with E-state index in [1.54, 1.807) is 13.1 Å². The minimum atomic E-state index is -0.892. The van der Waals surface area contributed by atoms with Crippen molar-refractivity contribution in [3.8, 4) is 0 Å². The number of amides is 1. The molecule has 0 aromatic carbocycles. The predicted octanol–water partition coefficient (Wildman–Crippen LogP) is 0.906. The Bertz CT molecular complexity index is 489. The van der Waals surface area contributed by atoms with Gasteiger partial charge in [0.15, 0.2) is 5.84 Å². The molecule has 0 atom stereocenters. The Morgan fingerprint density at radius 1 is 1.63 bits per heavy atom. The molecule has 1 fully saturated rings. The van der Waals surface area contributed by atoms with Gasteiger partial charge in [0.25, 0.3) is 0 Å². The summed E-state index contributed by atoms with van der Waals surface area (Å²) in [6, 6.07) is 0. The van der Waals surface area contributed by atoms with Gasteiger partial charge in [0.2, 0.25) is 11.8 Å². The molecule has 2 rings (SSSR count). The van der Waals surface area contributed by atoms with Crippen LogP contribution in [0.15, 0.2) is 15.8 Å². The maximum Gasteiger partial charge on any atom is 0.234 e. The molecule has 1 aliphatic carbocycles. The van der Waals surface area contributed by atoms with Crippen molar-refractivity contribution in [1.29, 1.82) is 0 Å². The molecule has 1 saturated carbocycles. The second kappa shape index (κ2) is 5.29. The molecule has 1 aromatic rings. The van der Waals surface area contributed by atoms with Gasteiger partial charge in [-0.2, -0.15) is 0 Å². The first kappa shape index (κ1) is 13.4. The summed E-state index contributed by atoms with van der Waals surface area (Å²) in [4.78, 5) is 16.3. The number of rotatable bonds is 4. The van der Waals surface area contributed by atoms with E-state index in [9.17, 15) is 4.79 Å². The molecule has 0 bridgehead atoms. The molecule has 0 spiro atoms. The molecule has 0 aliphatic heterocycles. The predicted molar refractivity (Wildman–Crippen MR) is 67.4 cm³/mol. The summed E-state index contributed by atoms with van der Waals surface area (Å²) < 4.78 is 5.28. The van der Waals surface area contributed by atoms with Crippen molar-refractivity contribution in [2.75, 3.05) is 0 Å². The second-order valence-corrected chi connectivity index (χ2v) is 4.82. The molecule has 1 aliphatic rings. The maximum atomic E-state index is 12.3. The lowest BCUT2D eigenvalue weighted by atomic mass is 9.84. The van der Waals surface area contributed by atoms with Gasteiger partial charge in [-0.3, -0.25) is 4.79 Å². The molecule has 1 amide bonds. The molecule has 7 heteroatoms. The number of aryl methyl sites for hydroxylation is 1. The zero-order valence-electron chi connectivity index (χ0n) is 10.8. The number of aromatic nitrogens is 1. The molecule has 0 unspecified atom stereocenters. The number of amidine groups is 1. The second-order valence-electron chi connectivity index (χ2n) is 4.82. The van der Waals surface area contributed by atoms with E-state index < -0.39 is 5.41 Å². The smallest absolute Gasteiger partial charge is 0.234 e. The molecule has 7 nitrogen and oxygen atoms in total. The third-order valence-electron chi connectivity index (χ3n) is 3.56. The van der Waals surface area contributed by atoms with E-state index in [2.05, 4.69) is 15.5 Å². The lowest BCUT2D eigenvalue weighted by Crippen LogP contribution is -2.48. The molecular formula is C12H18N4O3. The van der Waals surface area contributed by atoms with Crippen LogP contribution in [0.2, 0.25) is 0 Å². The van der Waals surface area contributed by atoms with Gasteiger partial charge in [-0.05, 0) is 19.8 Å². The number of oxime groups is 1. The average molecular weight is 266 g/mol. The Balaban J connectivity index is 2.04. The van der Waals surface area contributed by atoms with Gasteiger partial charge in [0, 0.05) is 0 Å². The summed E-state index contributed by atoms with van der Waals surface area (Å²) in [7, 11) is 0. The van der Waals surface area contributed by atoms with Crippen LogP contribution in [0.5, 0.6) is 0 Å². The van der Waals surface area contributed by atoms with Gasteiger partial charge in [-0.1, -0.05) is 18.0 Å². The SMILES string of the molecule is Cc1cnc(CNC(=O)C2(C(N)=NO)CCCC2)o1. The first-order valence-corrected chi connectivity index (χ1v) is 6.26. The third-order valence-corrected chi connectivity index (χ3v) is 3.56. The van der Waals surface area contributed by atoms with Crippen LogP contribution in [-0.2, 0) is 11.3 Å². The van der Waals surface area contributed by atoms with E-state index in [4.69, 9.17) is 15.4 Å². The highest BCUT2D eigenvalue weighted by atomic mass is 16.4. The summed E-state index contributed by atoms with van der Waals surface area (Å²) in [6.45, 7) is 1.99. The van der Waals surface area contributed by atoms with E-state index in [-0.39, 0.29) is 18.3 Å². The van der Waals surface area contributed by atoms with Gasteiger partial charge in [-0.15, -0.1) is 0 Å². The fourth-order valence-corrected chi connectivity index (χ4v) is 2.48. The highest BCUT2D eigenvalue weighted by Crippen LogP contribution is 2.38. The molecule has 0 radical (unpaired) electrons. The summed E-state index contributed by atoms with van der Waals surface area (Å²) in [5, 5.41) is 14.6. The normalized spacial score (nSPS) is 18.5. The highest BCUT2D eigenvalue weighted by molar-refractivity contribution is 6.06.